The number of para-hydroxylation sites is 2. The van der Waals surface area contributed by atoms with Crippen molar-refractivity contribution in [3.8, 4) is 22.8 Å². The predicted molar refractivity (Wildman–Crippen MR) is 98.5 cm³/mol. The van der Waals surface area contributed by atoms with Crippen LogP contribution < -0.4 is 9.47 Å². The third kappa shape index (κ3) is 4.43. The highest BCUT2D eigenvalue weighted by Crippen LogP contribution is 2.29. The van der Waals surface area contributed by atoms with E-state index in [-0.39, 0.29) is 12.4 Å². The van der Waals surface area contributed by atoms with E-state index >= 15 is 0 Å². The molecule has 0 spiro atoms. The molecular formula is C20H18ClNO4. The summed E-state index contributed by atoms with van der Waals surface area (Å²) in [6.07, 6.45) is 2.08. The first-order chi connectivity index (χ1) is 12.7. The zero-order valence-corrected chi connectivity index (χ0v) is 15.0. The quantitative estimate of drug-likeness (QED) is 0.435. The van der Waals surface area contributed by atoms with Gasteiger partial charge in [-0.05, 0) is 31.2 Å². The van der Waals surface area contributed by atoms with E-state index in [4.69, 9.17) is 25.5 Å². The molecule has 0 unspecified atom stereocenters. The van der Waals surface area contributed by atoms with Crippen LogP contribution in [-0.4, -0.2) is 17.6 Å². The Morgan fingerprint density at radius 2 is 1.85 bits per heavy atom. The van der Waals surface area contributed by atoms with Gasteiger partial charge >= 0.3 is 5.97 Å². The number of carbonyl (C=O) groups excluding carboxylic acids is 1. The number of benzene rings is 2. The van der Waals surface area contributed by atoms with Gasteiger partial charge in [0.2, 0.25) is 0 Å². The van der Waals surface area contributed by atoms with Crippen molar-refractivity contribution in [2.45, 2.75) is 19.8 Å². The molecule has 5 nitrogen and oxygen atoms in total. The van der Waals surface area contributed by atoms with Crippen LogP contribution >= 0.6 is 11.6 Å². The number of nitrogens with zero attached hydrogens (tertiary/aromatic N) is 1. The zero-order chi connectivity index (χ0) is 18.4. The molecule has 3 rings (SSSR count). The number of esters is 1. The molecule has 0 aliphatic carbocycles. The molecule has 0 saturated heterocycles. The topological polar surface area (TPSA) is 61.6 Å². The van der Waals surface area contributed by atoms with Gasteiger partial charge in [0, 0.05) is 12.0 Å². The first kappa shape index (κ1) is 18.0. The molecule has 2 aromatic carbocycles. The van der Waals surface area contributed by atoms with Crippen LogP contribution in [0.25, 0.3) is 11.3 Å². The van der Waals surface area contributed by atoms with Crippen LogP contribution in [0, 0.1) is 0 Å². The number of oxazole rings is 1. The van der Waals surface area contributed by atoms with E-state index in [1.165, 1.54) is 0 Å². The van der Waals surface area contributed by atoms with Crippen molar-refractivity contribution >= 4 is 17.6 Å². The van der Waals surface area contributed by atoms with E-state index < -0.39 is 0 Å². The number of aromatic nitrogens is 1. The molecule has 0 radical (unpaired) electrons. The number of halogens is 1. The Morgan fingerprint density at radius 3 is 2.62 bits per heavy atom. The third-order valence-corrected chi connectivity index (χ3v) is 3.94. The molecule has 3 aromatic rings. The van der Waals surface area contributed by atoms with E-state index in [2.05, 4.69) is 4.98 Å². The fraction of sp³-hybridized carbons (Fsp3) is 0.200. The van der Waals surface area contributed by atoms with E-state index in [1.807, 2.05) is 31.2 Å². The van der Waals surface area contributed by atoms with Gasteiger partial charge in [0.25, 0.3) is 0 Å². The summed E-state index contributed by atoms with van der Waals surface area (Å²) in [4.78, 5) is 16.3. The van der Waals surface area contributed by atoms with Crippen molar-refractivity contribution in [2.75, 3.05) is 6.61 Å². The average Bonchev–Trinajstić information content (AvgIpc) is 3.11. The largest absolute Gasteiger partial charge is 0.490 e. The van der Waals surface area contributed by atoms with Gasteiger partial charge in [0.05, 0.1) is 24.2 Å². The first-order valence-electron chi connectivity index (χ1n) is 8.29. The van der Waals surface area contributed by atoms with Crippen LogP contribution in [0.3, 0.4) is 0 Å². The van der Waals surface area contributed by atoms with E-state index in [0.717, 1.165) is 5.56 Å². The van der Waals surface area contributed by atoms with Crippen LogP contribution in [0.4, 0.5) is 0 Å². The van der Waals surface area contributed by atoms with E-state index in [9.17, 15) is 4.79 Å². The molecule has 26 heavy (non-hydrogen) atoms. The SMILES string of the molecule is CCOc1ccccc1OC(=O)CCc1ncc(-c2ccccc2Cl)o1. The number of ether oxygens (including phenoxy) is 2. The van der Waals surface area contributed by atoms with Crippen molar-refractivity contribution in [3.63, 3.8) is 0 Å². The smallest absolute Gasteiger partial charge is 0.311 e. The summed E-state index contributed by atoms with van der Waals surface area (Å²) < 4.78 is 16.5. The minimum Gasteiger partial charge on any atom is -0.490 e. The summed E-state index contributed by atoms with van der Waals surface area (Å²) in [5.74, 6) is 1.59. The number of hydrogen-bond acceptors (Lipinski definition) is 5. The Balaban J connectivity index is 1.60. The van der Waals surface area contributed by atoms with Crippen molar-refractivity contribution in [3.05, 3.63) is 65.6 Å². The highest BCUT2D eigenvalue weighted by atomic mass is 35.5. The molecule has 1 aromatic heterocycles. The number of aryl methyl sites for hydroxylation is 1. The fourth-order valence-electron chi connectivity index (χ4n) is 2.40. The summed E-state index contributed by atoms with van der Waals surface area (Å²) in [5, 5.41) is 0.585. The van der Waals surface area contributed by atoms with Crippen molar-refractivity contribution in [1.82, 2.24) is 4.98 Å². The number of hydrogen-bond donors (Lipinski definition) is 0. The second kappa shape index (κ2) is 8.54. The van der Waals surface area contributed by atoms with Gasteiger partial charge in [-0.15, -0.1) is 0 Å². The molecule has 0 amide bonds. The van der Waals surface area contributed by atoms with Crippen molar-refractivity contribution in [2.24, 2.45) is 0 Å². The molecule has 0 N–H and O–H groups in total. The summed E-state index contributed by atoms with van der Waals surface area (Å²) in [6, 6.07) is 14.4. The Kier molecular flexibility index (Phi) is 5.92. The minimum absolute atomic E-state index is 0.142. The fourth-order valence-corrected chi connectivity index (χ4v) is 2.63. The molecule has 0 atom stereocenters. The number of carbonyl (C=O) groups is 1. The summed E-state index contributed by atoms with van der Waals surface area (Å²) in [7, 11) is 0. The molecule has 1 heterocycles. The lowest BCUT2D eigenvalue weighted by Crippen LogP contribution is -2.10. The maximum atomic E-state index is 12.1. The molecule has 6 heteroatoms. The van der Waals surface area contributed by atoms with Gasteiger partial charge in [-0.2, -0.15) is 0 Å². The van der Waals surface area contributed by atoms with Gasteiger partial charge < -0.3 is 13.9 Å². The predicted octanol–water partition coefficient (Wildman–Crippen LogP) is 4.93. The first-order valence-corrected chi connectivity index (χ1v) is 8.67. The third-order valence-electron chi connectivity index (χ3n) is 3.61. The van der Waals surface area contributed by atoms with Gasteiger partial charge in [-0.25, -0.2) is 4.98 Å². The van der Waals surface area contributed by atoms with E-state index in [1.54, 1.807) is 30.5 Å². The van der Waals surface area contributed by atoms with Gasteiger partial charge in [0.1, 0.15) is 0 Å². The average molecular weight is 372 g/mol. The lowest BCUT2D eigenvalue weighted by Gasteiger charge is -2.09. The highest BCUT2D eigenvalue weighted by Gasteiger charge is 2.13. The van der Waals surface area contributed by atoms with Gasteiger partial charge in [-0.3, -0.25) is 4.79 Å². The lowest BCUT2D eigenvalue weighted by atomic mass is 10.2. The van der Waals surface area contributed by atoms with Crippen LogP contribution in [-0.2, 0) is 11.2 Å². The zero-order valence-electron chi connectivity index (χ0n) is 14.3. The van der Waals surface area contributed by atoms with Gasteiger partial charge in [-0.1, -0.05) is 35.9 Å². The monoisotopic (exact) mass is 371 g/mol. The maximum Gasteiger partial charge on any atom is 0.311 e. The Bertz CT molecular complexity index is 891. The number of rotatable bonds is 7. The van der Waals surface area contributed by atoms with Crippen LogP contribution in [0.5, 0.6) is 11.5 Å². The maximum absolute atomic E-state index is 12.1. The highest BCUT2D eigenvalue weighted by molar-refractivity contribution is 6.33. The molecular weight excluding hydrogens is 354 g/mol. The van der Waals surface area contributed by atoms with Crippen LogP contribution in [0.2, 0.25) is 5.02 Å². The lowest BCUT2D eigenvalue weighted by molar-refractivity contribution is -0.134. The second-order valence-electron chi connectivity index (χ2n) is 5.45. The second-order valence-corrected chi connectivity index (χ2v) is 5.86. The Morgan fingerprint density at radius 1 is 1.12 bits per heavy atom. The molecule has 0 fully saturated rings. The minimum atomic E-state index is -0.380. The van der Waals surface area contributed by atoms with E-state index in [0.29, 0.717) is 41.2 Å². The van der Waals surface area contributed by atoms with Crippen molar-refractivity contribution in [1.29, 1.82) is 0 Å². The van der Waals surface area contributed by atoms with Crippen molar-refractivity contribution < 1.29 is 18.7 Å². The molecule has 0 aliphatic heterocycles. The Labute approximate surface area is 156 Å². The normalized spacial score (nSPS) is 10.5. The van der Waals surface area contributed by atoms with Crippen LogP contribution in [0.15, 0.2) is 59.1 Å². The standard InChI is InChI=1S/C20H18ClNO4/c1-2-24-16-9-5-6-10-17(16)26-20(23)12-11-19-22-13-18(25-19)14-7-3-4-8-15(14)21/h3-10,13H,2,11-12H2,1H3. The molecule has 0 aliphatic rings. The summed E-state index contributed by atoms with van der Waals surface area (Å²) in [6.45, 7) is 2.37. The summed E-state index contributed by atoms with van der Waals surface area (Å²) in [5.41, 5.74) is 0.765. The Hall–Kier alpha value is -2.79. The van der Waals surface area contributed by atoms with Crippen LogP contribution in [0.1, 0.15) is 19.2 Å². The molecule has 0 saturated carbocycles. The molecule has 0 bridgehead atoms. The van der Waals surface area contributed by atoms with Gasteiger partial charge in [0.15, 0.2) is 23.1 Å². The summed E-state index contributed by atoms with van der Waals surface area (Å²) >= 11 is 6.15. The molecule has 134 valence electrons.